The van der Waals surface area contributed by atoms with Crippen molar-refractivity contribution in [2.45, 2.75) is 12.6 Å². The Morgan fingerprint density at radius 1 is 1.40 bits per heavy atom. The van der Waals surface area contributed by atoms with Crippen molar-refractivity contribution in [3.05, 3.63) is 22.2 Å². The van der Waals surface area contributed by atoms with Gasteiger partial charge >= 0.3 is 6.18 Å². The predicted octanol–water partition coefficient (Wildman–Crippen LogP) is 0.999. The van der Waals surface area contributed by atoms with Crippen molar-refractivity contribution in [1.82, 2.24) is 9.97 Å². The van der Waals surface area contributed by atoms with Crippen molar-refractivity contribution in [2.24, 2.45) is 0 Å². The van der Waals surface area contributed by atoms with E-state index in [4.69, 9.17) is 0 Å². The Morgan fingerprint density at radius 2 is 2.07 bits per heavy atom. The van der Waals surface area contributed by atoms with Crippen LogP contribution >= 0.6 is 0 Å². The van der Waals surface area contributed by atoms with E-state index in [9.17, 15) is 18.0 Å². The number of anilines is 1. The van der Waals surface area contributed by atoms with Crippen LogP contribution in [0, 0.1) is 0 Å². The van der Waals surface area contributed by atoms with E-state index in [1.54, 1.807) is 0 Å². The molecule has 1 aliphatic rings. The van der Waals surface area contributed by atoms with Crippen molar-refractivity contribution in [1.29, 1.82) is 0 Å². The minimum absolute atomic E-state index is 0.266. The Kier molecular flexibility index (Phi) is 2.17. The van der Waals surface area contributed by atoms with Gasteiger partial charge in [-0.25, -0.2) is 4.98 Å². The summed E-state index contributed by atoms with van der Waals surface area (Å²) in [5.41, 5.74) is -2.34. The molecule has 2 heterocycles. The summed E-state index contributed by atoms with van der Waals surface area (Å²) in [5, 5.41) is 0. The van der Waals surface area contributed by atoms with Gasteiger partial charge in [0, 0.05) is 13.1 Å². The molecule has 0 atom stereocenters. The molecule has 1 aliphatic heterocycles. The van der Waals surface area contributed by atoms with Gasteiger partial charge in [-0.05, 0) is 6.42 Å². The lowest BCUT2D eigenvalue weighted by Gasteiger charge is -2.33. The van der Waals surface area contributed by atoms with E-state index < -0.39 is 17.3 Å². The Bertz CT molecular complexity index is 422. The van der Waals surface area contributed by atoms with Crippen LogP contribution in [0.15, 0.2) is 11.1 Å². The fourth-order valence-corrected chi connectivity index (χ4v) is 1.41. The topological polar surface area (TPSA) is 49.0 Å². The molecule has 0 saturated carbocycles. The standard InChI is InChI=1S/C8H8F3N3O/c9-8(10,11)5-6(14-2-1-3-14)12-4-13-7(5)15/h4H,1-3H2,(H,12,13,15). The average molecular weight is 219 g/mol. The lowest BCUT2D eigenvalue weighted by atomic mass is 10.2. The van der Waals surface area contributed by atoms with Crippen molar-refractivity contribution in [2.75, 3.05) is 18.0 Å². The van der Waals surface area contributed by atoms with Crippen LogP contribution in [-0.2, 0) is 6.18 Å². The number of H-pyrrole nitrogens is 1. The highest BCUT2D eigenvalue weighted by atomic mass is 19.4. The molecule has 1 aromatic rings. The maximum Gasteiger partial charge on any atom is 0.425 e. The number of hydrogen-bond acceptors (Lipinski definition) is 3. The van der Waals surface area contributed by atoms with E-state index in [-0.39, 0.29) is 5.82 Å². The van der Waals surface area contributed by atoms with Crippen LogP contribution in [0.3, 0.4) is 0 Å². The zero-order valence-corrected chi connectivity index (χ0v) is 7.64. The smallest absolute Gasteiger partial charge is 0.356 e. The molecule has 0 aliphatic carbocycles. The maximum absolute atomic E-state index is 12.5. The number of alkyl halides is 3. The number of halogens is 3. The van der Waals surface area contributed by atoms with Crippen LogP contribution in [0.25, 0.3) is 0 Å². The van der Waals surface area contributed by atoms with E-state index >= 15 is 0 Å². The molecule has 15 heavy (non-hydrogen) atoms. The lowest BCUT2D eigenvalue weighted by Crippen LogP contribution is -2.41. The fourth-order valence-electron chi connectivity index (χ4n) is 1.41. The molecular weight excluding hydrogens is 211 g/mol. The second kappa shape index (κ2) is 3.25. The summed E-state index contributed by atoms with van der Waals surface area (Å²) in [6.07, 6.45) is -2.84. The highest BCUT2D eigenvalue weighted by Gasteiger charge is 2.40. The molecule has 1 aromatic heterocycles. The van der Waals surface area contributed by atoms with Crippen molar-refractivity contribution >= 4 is 5.82 Å². The van der Waals surface area contributed by atoms with E-state index in [1.807, 2.05) is 4.98 Å². The average Bonchev–Trinajstić information content (AvgIpc) is 1.97. The molecule has 1 N–H and O–H groups in total. The molecule has 2 rings (SSSR count). The highest BCUT2D eigenvalue weighted by Crippen LogP contribution is 2.33. The third-order valence-corrected chi connectivity index (χ3v) is 2.27. The van der Waals surface area contributed by atoms with Gasteiger partial charge in [0.05, 0.1) is 6.33 Å². The largest absolute Gasteiger partial charge is 0.425 e. The van der Waals surface area contributed by atoms with Crippen LogP contribution in [0.4, 0.5) is 19.0 Å². The fraction of sp³-hybridized carbons (Fsp3) is 0.500. The number of rotatable bonds is 1. The molecule has 82 valence electrons. The van der Waals surface area contributed by atoms with Crippen molar-refractivity contribution in [3.63, 3.8) is 0 Å². The minimum atomic E-state index is -4.66. The van der Waals surface area contributed by atoms with Crippen molar-refractivity contribution in [3.8, 4) is 0 Å². The number of aromatic nitrogens is 2. The van der Waals surface area contributed by atoms with Gasteiger partial charge in [0.25, 0.3) is 5.56 Å². The van der Waals surface area contributed by atoms with Crippen LogP contribution in [0.2, 0.25) is 0 Å². The van der Waals surface area contributed by atoms with Gasteiger partial charge in [0.1, 0.15) is 5.82 Å². The van der Waals surface area contributed by atoms with Crippen LogP contribution in [-0.4, -0.2) is 23.1 Å². The number of nitrogens with one attached hydrogen (secondary N) is 1. The molecule has 0 aromatic carbocycles. The summed E-state index contributed by atoms with van der Waals surface area (Å²) >= 11 is 0. The Morgan fingerprint density at radius 3 is 2.53 bits per heavy atom. The number of nitrogens with zero attached hydrogens (tertiary/aromatic N) is 2. The highest BCUT2D eigenvalue weighted by molar-refractivity contribution is 5.48. The molecule has 0 bridgehead atoms. The Hall–Kier alpha value is -1.53. The van der Waals surface area contributed by atoms with Crippen molar-refractivity contribution < 1.29 is 13.2 Å². The summed E-state index contributed by atoms with van der Waals surface area (Å²) in [6.45, 7) is 1.03. The molecule has 1 fully saturated rings. The van der Waals surface area contributed by atoms with Gasteiger partial charge in [-0.1, -0.05) is 0 Å². The zero-order chi connectivity index (χ0) is 11.1. The monoisotopic (exact) mass is 219 g/mol. The Balaban J connectivity index is 2.53. The molecule has 7 heteroatoms. The van der Waals surface area contributed by atoms with E-state index in [0.717, 1.165) is 12.7 Å². The summed E-state index contributed by atoms with van der Waals surface area (Å²) in [6, 6.07) is 0. The van der Waals surface area contributed by atoms with Gasteiger partial charge in [-0.15, -0.1) is 0 Å². The van der Waals surface area contributed by atoms with E-state index in [1.165, 1.54) is 4.90 Å². The first-order valence-electron chi connectivity index (χ1n) is 4.40. The second-order valence-electron chi connectivity index (χ2n) is 3.27. The van der Waals surface area contributed by atoms with Crippen LogP contribution in [0.1, 0.15) is 12.0 Å². The van der Waals surface area contributed by atoms with E-state index in [2.05, 4.69) is 4.98 Å². The Labute approximate surface area is 82.7 Å². The quantitative estimate of drug-likeness (QED) is 0.766. The first-order chi connectivity index (χ1) is 7.00. The summed E-state index contributed by atoms with van der Waals surface area (Å²) in [4.78, 5) is 18.0. The van der Waals surface area contributed by atoms with Crippen LogP contribution in [0.5, 0.6) is 0 Å². The molecule has 0 spiro atoms. The number of aromatic amines is 1. The third-order valence-electron chi connectivity index (χ3n) is 2.27. The molecule has 4 nitrogen and oxygen atoms in total. The molecule has 0 radical (unpaired) electrons. The predicted molar refractivity (Wildman–Crippen MR) is 46.7 cm³/mol. The number of hydrogen-bond donors (Lipinski definition) is 1. The van der Waals surface area contributed by atoms with Gasteiger partial charge in [-0.2, -0.15) is 13.2 Å². The summed E-state index contributed by atoms with van der Waals surface area (Å²) < 4.78 is 37.6. The molecule has 0 amide bonds. The lowest BCUT2D eigenvalue weighted by molar-refractivity contribution is -0.138. The second-order valence-corrected chi connectivity index (χ2v) is 3.27. The van der Waals surface area contributed by atoms with Gasteiger partial charge in [-0.3, -0.25) is 4.79 Å². The molecule has 0 unspecified atom stereocenters. The summed E-state index contributed by atoms with van der Waals surface area (Å²) in [7, 11) is 0. The minimum Gasteiger partial charge on any atom is -0.356 e. The maximum atomic E-state index is 12.5. The first-order valence-corrected chi connectivity index (χ1v) is 4.40. The summed E-state index contributed by atoms with van der Waals surface area (Å²) in [5.74, 6) is -0.266. The van der Waals surface area contributed by atoms with Gasteiger partial charge < -0.3 is 9.88 Å². The third kappa shape index (κ3) is 1.69. The normalized spacial score (nSPS) is 16.3. The zero-order valence-electron chi connectivity index (χ0n) is 7.64. The SMILES string of the molecule is O=c1[nH]cnc(N2CCC2)c1C(F)(F)F. The van der Waals surface area contributed by atoms with Gasteiger partial charge in [0.2, 0.25) is 0 Å². The van der Waals surface area contributed by atoms with Gasteiger partial charge in [0.15, 0.2) is 5.56 Å². The first kappa shape index (κ1) is 10.0. The van der Waals surface area contributed by atoms with Crippen LogP contribution < -0.4 is 10.5 Å². The molecule has 1 saturated heterocycles. The molecular formula is C8H8F3N3O. The van der Waals surface area contributed by atoms with E-state index in [0.29, 0.717) is 13.1 Å².